The Bertz CT molecular complexity index is 858. The van der Waals surface area contributed by atoms with Gasteiger partial charge in [-0.15, -0.1) is 0 Å². The molecule has 2 heterocycles. The van der Waals surface area contributed by atoms with Crippen molar-refractivity contribution in [1.29, 1.82) is 0 Å². The number of urea groups is 1. The van der Waals surface area contributed by atoms with E-state index in [4.69, 9.17) is 4.74 Å². The highest BCUT2D eigenvalue weighted by Gasteiger charge is 2.69. The topological polar surface area (TPSA) is 90.9 Å². The zero-order chi connectivity index (χ0) is 19.0. The number of ether oxygens (including phenoxy) is 1. The molecule has 4 atom stereocenters. The molecule has 1 spiro atoms. The number of benzene rings is 1. The van der Waals surface area contributed by atoms with Crippen molar-refractivity contribution in [2.24, 2.45) is 0 Å². The van der Waals surface area contributed by atoms with Gasteiger partial charge in [-0.25, -0.2) is 4.79 Å². The van der Waals surface area contributed by atoms with Crippen molar-refractivity contribution >= 4 is 11.9 Å². The number of nitrogens with zero attached hydrogens (tertiary/aromatic N) is 1. The lowest BCUT2D eigenvalue weighted by Crippen LogP contribution is -2.75. The van der Waals surface area contributed by atoms with E-state index >= 15 is 0 Å². The number of rotatable bonds is 1. The van der Waals surface area contributed by atoms with Crippen LogP contribution in [0.1, 0.15) is 36.8 Å². The summed E-state index contributed by atoms with van der Waals surface area (Å²) >= 11 is 0. The van der Waals surface area contributed by atoms with E-state index in [0.717, 1.165) is 30.7 Å². The van der Waals surface area contributed by atoms with Crippen LogP contribution < -0.4 is 15.4 Å². The maximum atomic E-state index is 12.7. The van der Waals surface area contributed by atoms with E-state index in [1.807, 2.05) is 12.1 Å². The van der Waals surface area contributed by atoms with Crippen molar-refractivity contribution in [2.45, 2.75) is 54.7 Å². The van der Waals surface area contributed by atoms with Crippen LogP contribution in [0.15, 0.2) is 18.2 Å². The van der Waals surface area contributed by atoms with Gasteiger partial charge in [-0.1, -0.05) is 6.07 Å². The Labute approximate surface area is 158 Å². The number of amides is 3. The molecule has 1 saturated carbocycles. The first-order valence-electron chi connectivity index (χ1n) is 9.57. The van der Waals surface area contributed by atoms with E-state index in [9.17, 15) is 14.7 Å². The summed E-state index contributed by atoms with van der Waals surface area (Å²) < 4.78 is 5.46. The van der Waals surface area contributed by atoms with Gasteiger partial charge in [0.15, 0.2) is 0 Å². The molecule has 2 saturated heterocycles. The zero-order valence-corrected chi connectivity index (χ0v) is 15.7. The molecule has 144 valence electrons. The third kappa shape index (κ3) is 1.99. The molecule has 7 heteroatoms. The van der Waals surface area contributed by atoms with Gasteiger partial charge in [0.1, 0.15) is 11.3 Å². The van der Waals surface area contributed by atoms with E-state index in [-0.39, 0.29) is 11.9 Å². The monoisotopic (exact) mass is 371 g/mol. The molecule has 3 fully saturated rings. The summed E-state index contributed by atoms with van der Waals surface area (Å²) in [5, 5.41) is 17.3. The normalized spacial score (nSPS) is 40.2. The van der Waals surface area contributed by atoms with Gasteiger partial charge < -0.3 is 20.1 Å². The number of hydrogen-bond donors (Lipinski definition) is 3. The number of aliphatic hydroxyl groups is 1. The largest absolute Gasteiger partial charge is 0.497 e. The summed E-state index contributed by atoms with van der Waals surface area (Å²) in [4.78, 5) is 26.8. The van der Waals surface area contributed by atoms with Crippen molar-refractivity contribution in [1.82, 2.24) is 15.5 Å². The second kappa shape index (κ2) is 5.23. The van der Waals surface area contributed by atoms with Crippen molar-refractivity contribution in [3.63, 3.8) is 0 Å². The number of carbonyl (C=O) groups excluding carboxylic acids is 2. The number of fused-ring (bicyclic) bond motifs is 1. The molecule has 4 aliphatic rings. The molecule has 1 aromatic carbocycles. The first kappa shape index (κ1) is 17.0. The fourth-order valence-corrected chi connectivity index (χ4v) is 6.21. The van der Waals surface area contributed by atoms with Crippen LogP contribution in [0.5, 0.6) is 5.75 Å². The average Bonchev–Trinajstić information content (AvgIpc) is 2.91. The summed E-state index contributed by atoms with van der Waals surface area (Å²) in [6.07, 6.45) is 2.86. The van der Waals surface area contributed by atoms with Crippen LogP contribution in [0.25, 0.3) is 0 Å². The number of nitrogens with one attached hydrogen (secondary N) is 2. The molecular weight excluding hydrogens is 346 g/mol. The first-order valence-corrected chi connectivity index (χ1v) is 9.57. The highest BCUT2D eigenvalue weighted by atomic mass is 16.5. The van der Waals surface area contributed by atoms with Gasteiger partial charge in [0.05, 0.1) is 12.7 Å². The summed E-state index contributed by atoms with van der Waals surface area (Å²) in [7, 11) is 3.70. The summed E-state index contributed by atoms with van der Waals surface area (Å²) in [6.45, 7) is 0.843. The standard InChI is InChI=1S/C20H25N3O4/c1-23-8-7-18-11-19(16(24)21-17(25)22-19)5-6-20(18,26)15(23)9-12-3-4-13(27-2)10-14(12)18/h3-4,10,15,26H,5-9,11H2,1-2H3,(H2,21,22,24,25). The molecule has 2 aliphatic carbocycles. The number of methoxy groups -OCH3 is 1. The van der Waals surface area contributed by atoms with Crippen LogP contribution >= 0.6 is 0 Å². The third-order valence-corrected chi connectivity index (χ3v) is 7.60. The lowest BCUT2D eigenvalue weighted by atomic mass is 9.46. The van der Waals surface area contributed by atoms with E-state index < -0.39 is 22.6 Å². The Balaban J connectivity index is 1.71. The van der Waals surface area contributed by atoms with Gasteiger partial charge in [0.25, 0.3) is 5.91 Å². The molecule has 7 nitrogen and oxygen atoms in total. The lowest BCUT2D eigenvalue weighted by molar-refractivity contribution is -0.175. The van der Waals surface area contributed by atoms with Gasteiger partial charge in [-0.3, -0.25) is 10.1 Å². The second-order valence-electron chi connectivity index (χ2n) is 8.65. The van der Waals surface area contributed by atoms with Crippen LogP contribution in [0, 0.1) is 0 Å². The van der Waals surface area contributed by atoms with Crippen molar-refractivity contribution in [2.75, 3.05) is 20.7 Å². The molecule has 27 heavy (non-hydrogen) atoms. The Morgan fingerprint density at radius 1 is 1.26 bits per heavy atom. The number of hydrogen-bond acceptors (Lipinski definition) is 5. The van der Waals surface area contributed by atoms with Crippen LogP contribution in [0.2, 0.25) is 0 Å². The molecule has 0 aromatic heterocycles. The molecule has 2 aliphatic heterocycles. The minimum Gasteiger partial charge on any atom is -0.497 e. The highest BCUT2D eigenvalue weighted by molar-refractivity contribution is 6.07. The smallest absolute Gasteiger partial charge is 0.322 e. The number of likely N-dealkylation sites (tertiary alicyclic amines) is 1. The second-order valence-corrected chi connectivity index (χ2v) is 8.65. The van der Waals surface area contributed by atoms with Crippen molar-refractivity contribution in [3.8, 4) is 5.75 Å². The quantitative estimate of drug-likeness (QED) is 0.632. The maximum Gasteiger partial charge on any atom is 0.322 e. The molecule has 3 N–H and O–H groups in total. The Morgan fingerprint density at radius 3 is 2.78 bits per heavy atom. The third-order valence-electron chi connectivity index (χ3n) is 7.60. The molecular formula is C20H25N3O4. The van der Waals surface area contributed by atoms with Crippen molar-refractivity contribution in [3.05, 3.63) is 29.3 Å². The van der Waals surface area contributed by atoms with Gasteiger partial charge in [-0.2, -0.15) is 0 Å². The minimum absolute atomic E-state index is 0.00432. The summed E-state index contributed by atoms with van der Waals surface area (Å²) in [6, 6.07) is 5.63. The predicted molar refractivity (Wildman–Crippen MR) is 97.6 cm³/mol. The molecule has 1 aromatic rings. The number of carbonyl (C=O) groups is 2. The van der Waals surface area contributed by atoms with Gasteiger partial charge in [0.2, 0.25) is 0 Å². The molecule has 2 bridgehead atoms. The highest BCUT2D eigenvalue weighted by Crippen LogP contribution is 2.60. The van der Waals surface area contributed by atoms with Gasteiger partial charge in [0, 0.05) is 11.5 Å². The predicted octanol–water partition coefficient (Wildman–Crippen LogP) is 0.686. The number of likely N-dealkylation sites (N-methyl/N-ethyl adjacent to an activating group) is 1. The molecule has 5 rings (SSSR count). The molecule has 0 radical (unpaired) electrons. The Morgan fingerprint density at radius 2 is 2.07 bits per heavy atom. The van der Waals surface area contributed by atoms with Gasteiger partial charge in [-0.05, 0) is 69.0 Å². The van der Waals surface area contributed by atoms with E-state index in [1.54, 1.807) is 7.11 Å². The molecule has 4 unspecified atom stereocenters. The van der Waals surface area contributed by atoms with Crippen LogP contribution in [0.3, 0.4) is 0 Å². The van der Waals surface area contributed by atoms with E-state index in [1.165, 1.54) is 5.56 Å². The minimum atomic E-state index is -0.943. The van der Waals surface area contributed by atoms with E-state index in [0.29, 0.717) is 19.3 Å². The maximum absolute atomic E-state index is 12.7. The lowest BCUT2D eigenvalue weighted by Gasteiger charge is -2.65. The van der Waals surface area contributed by atoms with Crippen LogP contribution in [-0.2, 0) is 16.6 Å². The first-order chi connectivity index (χ1) is 12.8. The number of piperidine rings is 1. The Hall–Kier alpha value is -2.12. The zero-order valence-electron chi connectivity index (χ0n) is 15.7. The van der Waals surface area contributed by atoms with E-state index in [2.05, 4.69) is 28.6 Å². The van der Waals surface area contributed by atoms with Gasteiger partial charge >= 0.3 is 6.03 Å². The average molecular weight is 371 g/mol. The fourth-order valence-electron chi connectivity index (χ4n) is 6.21. The summed E-state index contributed by atoms with van der Waals surface area (Å²) in [5.41, 5.74) is -0.195. The van der Waals surface area contributed by atoms with Crippen molar-refractivity contribution < 1.29 is 19.4 Å². The molecule has 3 amide bonds. The fraction of sp³-hybridized carbons (Fsp3) is 0.600. The number of imide groups is 1. The summed E-state index contributed by atoms with van der Waals surface area (Å²) in [5.74, 6) is 0.483. The van der Waals surface area contributed by atoms with Crippen LogP contribution in [0.4, 0.5) is 4.79 Å². The Kier molecular flexibility index (Phi) is 3.30. The van der Waals surface area contributed by atoms with Crippen LogP contribution in [-0.4, -0.2) is 59.8 Å². The SMILES string of the molecule is COc1ccc2c(c1)C13CCN(C)C(C2)C1(O)CCC1(C3)NC(=O)NC1=O.